The fourth-order valence-electron chi connectivity index (χ4n) is 3.14. The number of nitrogens with zero attached hydrogens (tertiary/aromatic N) is 1. The first-order valence-corrected chi connectivity index (χ1v) is 10.5. The highest BCUT2D eigenvalue weighted by molar-refractivity contribution is 7.99. The highest BCUT2D eigenvalue weighted by Gasteiger charge is 2.26. The second-order valence-electron chi connectivity index (χ2n) is 6.80. The highest BCUT2D eigenvalue weighted by atomic mass is 32.2. The lowest BCUT2D eigenvalue weighted by molar-refractivity contribution is -0.120. The first-order valence-electron chi connectivity index (χ1n) is 9.45. The number of carbonyl (C=O) groups excluding carboxylic acids is 1. The molecule has 2 atom stereocenters. The molecular weight excluding hydrogens is 360 g/mol. The lowest BCUT2D eigenvalue weighted by Crippen LogP contribution is -2.44. The Bertz CT molecular complexity index is 713. The zero-order chi connectivity index (χ0) is 19.1. The van der Waals surface area contributed by atoms with Crippen LogP contribution in [0.1, 0.15) is 30.0 Å². The molecule has 0 unspecified atom stereocenters. The van der Waals surface area contributed by atoms with Crippen molar-refractivity contribution in [3.63, 3.8) is 0 Å². The van der Waals surface area contributed by atoms with Gasteiger partial charge in [0.1, 0.15) is 11.5 Å². The molecule has 0 spiro atoms. The molecule has 1 N–H and O–H groups in total. The average Bonchev–Trinajstić information content (AvgIpc) is 3.13. The molecule has 1 aliphatic rings. The standard InChI is InChI=1S/C21H28N2O3S/c1-16-8-9-20(26-16)19(23-10-12-25-13-11-23)14-22-21(24)17(2)27-15-18-6-4-3-5-7-18/h3-9,17,19H,10-15H2,1-2H3,(H,22,24)/t17-,19+/m1/s1. The predicted octanol–water partition coefficient (Wildman–Crippen LogP) is 3.40. The molecule has 1 aliphatic heterocycles. The number of aryl methyl sites for hydroxylation is 1. The fourth-order valence-corrected chi connectivity index (χ4v) is 4.01. The number of benzene rings is 1. The van der Waals surface area contributed by atoms with Gasteiger partial charge < -0.3 is 14.5 Å². The molecule has 2 aromatic rings. The first-order chi connectivity index (χ1) is 13.1. The van der Waals surface area contributed by atoms with Crippen LogP contribution in [0.4, 0.5) is 0 Å². The van der Waals surface area contributed by atoms with E-state index < -0.39 is 0 Å². The monoisotopic (exact) mass is 388 g/mol. The largest absolute Gasteiger partial charge is 0.465 e. The van der Waals surface area contributed by atoms with Crippen LogP contribution in [0.2, 0.25) is 0 Å². The Kier molecular flexibility index (Phi) is 7.38. The lowest BCUT2D eigenvalue weighted by Gasteiger charge is -2.33. The number of thioether (sulfide) groups is 1. The summed E-state index contributed by atoms with van der Waals surface area (Å²) in [7, 11) is 0. The second kappa shape index (κ2) is 9.97. The van der Waals surface area contributed by atoms with Gasteiger partial charge in [0.2, 0.25) is 5.91 Å². The highest BCUT2D eigenvalue weighted by Crippen LogP contribution is 2.24. The summed E-state index contributed by atoms with van der Waals surface area (Å²) in [5.41, 5.74) is 1.24. The zero-order valence-corrected chi connectivity index (χ0v) is 16.8. The van der Waals surface area contributed by atoms with Gasteiger partial charge in [-0.15, -0.1) is 11.8 Å². The van der Waals surface area contributed by atoms with Crippen molar-refractivity contribution in [2.75, 3.05) is 32.8 Å². The minimum absolute atomic E-state index is 0.0397. The summed E-state index contributed by atoms with van der Waals surface area (Å²) in [5.74, 6) is 2.69. The number of hydrogen-bond acceptors (Lipinski definition) is 5. The van der Waals surface area contributed by atoms with E-state index in [9.17, 15) is 4.79 Å². The molecule has 0 radical (unpaired) electrons. The van der Waals surface area contributed by atoms with Crippen molar-refractivity contribution in [2.24, 2.45) is 0 Å². The van der Waals surface area contributed by atoms with Gasteiger partial charge in [0.05, 0.1) is 24.5 Å². The van der Waals surface area contributed by atoms with E-state index in [1.165, 1.54) is 5.56 Å². The van der Waals surface area contributed by atoms with Gasteiger partial charge in [0.25, 0.3) is 0 Å². The number of carbonyl (C=O) groups is 1. The van der Waals surface area contributed by atoms with Crippen LogP contribution >= 0.6 is 11.8 Å². The molecule has 0 saturated carbocycles. The van der Waals surface area contributed by atoms with Crippen molar-refractivity contribution < 1.29 is 13.9 Å². The third-order valence-corrected chi connectivity index (χ3v) is 5.97. The van der Waals surface area contributed by atoms with Crippen molar-refractivity contribution in [3.05, 3.63) is 59.5 Å². The molecular formula is C21H28N2O3S. The maximum absolute atomic E-state index is 12.6. The Morgan fingerprint density at radius 2 is 1.93 bits per heavy atom. The van der Waals surface area contributed by atoms with Crippen molar-refractivity contribution in [2.45, 2.75) is 30.9 Å². The van der Waals surface area contributed by atoms with E-state index in [0.717, 1.165) is 30.4 Å². The van der Waals surface area contributed by atoms with Gasteiger partial charge in [-0.05, 0) is 31.5 Å². The third kappa shape index (κ3) is 5.86. The topological polar surface area (TPSA) is 54.7 Å². The van der Waals surface area contributed by atoms with Gasteiger partial charge in [-0.2, -0.15) is 0 Å². The van der Waals surface area contributed by atoms with E-state index in [2.05, 4.69) is 22.3 Å². The normalized spacial score (nSPS) is 17.4. The Balaban J connectivity index is 1.54. The van der Waals surface area contributed by atoms with Crippen LogP contribution in [0, 0.1) is 6.92 Å². The zero-order valence-electron chi connectivity index (χ0n) is 16.0. The number of amides is 1. The van der Waals surface area contributed by atoms with Crippen LogP contribution in [0.5, 0.6) is 0 Å². The van der Waals surface area contributed by atoms with Crippen LogP contribution in [0.25, 0.3) is 0 Å². The molecule has 27 heavy (non-hydrogen) atoms. The van der Waals surface area contributed by atoms with E-state index in [4.69, 9.17) is 9.15 Å². The lowest BCUT2D eigenvalue weighted by atomic mass is 10.1. The van der Waals surface area contributed by atoms with Crippen LogP contribution in [0.3, 0.4) is 0 Å². The van der Waals surface area contributed by atoms with E-state index in [0.29, 0.717) is 19.8 Å². The summed E-state index contributed by atoms with van der Waals surface area (Å²) in [5, 5.41) is 3.02. The summed E-state index contributed by atoms with van der Waals surface area (Å²) in [4.78, 5) is 14.9. The van der Waals surface area contributed by atoms with E-state index >= 15 is 0 Å². The summed E-state index contributed by atoms with van der Waals surface area (Å²) >= 11 is 1.66. The van der Waals surface area contributed by atoms with E-state index in [1.807, 2.05) is 44.2 Å². The van der Waals surface area contributed by atoms with Gasteiger partial charge in [-0.3, -0.25) is 9.69 Å². The smallest absolute Gasteiger partial charge is 0.232 e. The molecule has 0 aliphatic carbocycles. The predicted molar refractivity (Wildman–Crippen MR) is 109 cm³/mol. The average molecular weight is 389 g/mol. The van der Waals surface area contributed by atoms with E-state index in [1.54, 1.807) is 11.8 Å². The number of nitrogens with one attached hydrogen (secondary N) is 1. The number of morpholine rings is 1. The summed E-state index contributed by atoms with van der Waals surface area (Å²) in [6.45, 7) is 7.57. The number of ether oxygens (including phenoxy) is 1. The molecule has 1 saturated heterocycles. The van der Waals surface area contributed by atoms with Crippen LogP contribution in [-0.4, -0.2) is 48.9 Å². The maximum Gasteiger partial charge on any atom is 0.232 e. The molecule has 3 rings (SSSR count). The van der Waals surface area contributed by atoms with Gasteiger partial charge in [0, 0.05) is 25.4 Å². The third-order valence-electron chi connectivity index (χ3n) is 4.76. The number of furan rings is 1. The van der Waals surface area contributed by atoms with Gasteiger partial charge in [-0.1, -0.05) is 30.3 Å². The molecule has 1 aromatic heterocycles. The Hall–Kier alpha value is -1.76. The SMILES string of the molecule is Cc1ccc([C@H](CNC(=O)[C@@H](C)SCc2ccccc2)N2CCOCC2)o1. The minimum atomic E-state index is -0.103. The molecule has 1 amide bonds. The Morgan fingerprint density at radius 3 is 2.59 bits per heavy atom. The second-order valence-corrected chi connectivity index (χ2v) is 8.13. The van der Waals surface area contributed by atoms with Crippen molar-refractivity contribution in [3.8, 4) is 0 Å². The van der Waals surface area contributed by atoms with Gasteiger partial charge in [0.15, 0.2) is 0 Å². The van der Waals surface area contributed by atoms with E-state index in [-0.39, 0.29) is 17.2 Å². The first kappa shape index (κ1) is 20.0. The number of rotatable bonds is 8. The van der Waals surface area contributed by atoms with Crippen molar-refractivity contribution >= 4 is 17.7 Å². The Morgan fingerprint density at radius 1 is 1.19 bits per heavy atom. The van der Waals surface area contributed by atoms with Gasteiger partial charge in [-0.25, -0.2) is 0 Å². The molecule has 0 bridgehead atoms. The minimum Gasteiger partial charge on any atom is -0.465 e. The summed E-state index contributed by atoms with van der Waals surface area (Å²) in [6.07, 6.45) is 0. The van der Waals surface area contributed by atoms with Crippen molar-refractivity contribution in [1.29, 1.82) is 0 Å². The number of hydrogen-bond donors (Lipinski definition) is 1. The molecule has 2 heterocycles. The molecule has 5 nitrogen and oxygen atoms in total. The maximum atomic E-state index is 12.6. The quantitative estimate of drug-likeness (QED) is 0.751. The molecule has 1 fully saturated rings. The molecule has 6 heteroatoms. The molecule has 1 aromatic carbocycles. The Labute approximate surface area is 165 Å². The van der Waals surface area contributed by atoms with Crippen LogP contribution in [0.15, 0.2) is 46.9 Å². The van der Waals surface area contributed by atoms with Gasteiger partial charge >= 0.3 is 0 Å². The van der Waals surface area contributed by atoms with Crippen LogP contribution in [-0.2, 0) is 15.3 Å². The van der Waals surface area contributed by atoms with Crippen molar-refractivity contribution in [1.82, 2.24) is 10.2 Å². The fraction of sp³-hybridized carbons (Fsp3) is 0.476. The van der Waals surface area contributed by atoms with Crippen LogP contribution < -0.4 is 5.32 Å². The summed E-state index contributed by atoms with van der Waals surface area (Å²) in [6, 6.07) is 14.3. The molecule has 146 valence electrons. The summed E-state index contributed by atoms with van der Waals surface area (Å²) < 4.78 is 11.3.